The van der Waals surface area contributed by atoms with Gasteiger partial charge in [-0.15, -0.1) is 0 Å². The van der Waals surface area contributed by atoms with Crippen LogP contribution in [0.4, 0.5) is 0 Å². The molecular formula is C11H7Cl2NO4. The van der Waals surface area contributed by atoms with Gasteiger partial charge in [0.2, 0.25) is 0 Å². The zero-order valence-electron chi connectivity index (χ0n) is 8.89. The van der Waals surface area contributed by atoms with E-state index in [9.17, 15) is 4.79 Å². The fourth-order valence-corrected chi connectivity index (χ4v) is 1.55. The van der Waals surface area contributed by atoms with Gasteiger partial charge >= 0.3 is 5.97 Å². The maximum atomic E-state index is 10.6. The Kier molecular flexibility index (Phi) is 3.74. The van der Waals surface area contributed by atoms with Crippen LogP contribution in [0, 0.1) is 0 Å². The number of benzene rings is 1. The molecule has 0 spiro atoms. The summed E-state index contributed by atoms with van der Waals surface area (Å²) in [6.07, 6.45) is 0. The number of nitrogens with zero attached hydrogens (tertiary/aromatic N) is 1. The highest BCUT2D eigenvalue weighted by atomic mass is 35.5. The minimum atomic E-state index is -1.16. The Labute approximate surface area is 112 Å². The van der Waals surface area contributed by atoms with Crippen molar-refractivity contribution in [3.63, 3.8) is 0 Å². The van der Waals surface area contributed by atoms with Crippen molar-refractivity contribution in [1.29, 1.82) is 0 Å². The predicted molar refractivity (Wildman–Crippen MR) is 64.3 cm³/mol. The summed E-state index contributed by atoms with van der Waals surface area (Å²) in [5.74, 6) is -0.494. The maximum absolute atomic E-state index is 10.6. The average molecular weight is 288 g/mol. The molecule has 0 saturated carbocycles. The number of rotatable bonds is 4. The van der Waals surface area contributed by atoms with Crippen LogP contribution >= 0.6 is 23.2 Å². The van der Waals surface area contributed by atoms with Gasteiger partial charge in [0.1, 0.15) is 12.4 Å². The van der Waals surface area contributed by atoms with E-state index < -0.39 is 5.97 Å². The molecule has 1 heterocycles. The average Bonchev–Trinajstić information content (AvgIpc) is 2.79. The minimum absolute atomic E-state index is 0.0142. The molecule has 0 fully saturated rings. The van der Waals surface area contributed by atoms with Gasteiger partial charge in [-0.1, -0.05) is 28.4 Å². The lowest BCUT2D eigenvalue weighted by atomic mass is 10.3. The van der Waals surface area contributed by atoms with E-state index in [1.54, 1.807) is 18.2 Å². The van der Waals surface area contributed by atoms with E-state index in [1.165, 1.54) is 6.07 Å². The van der Waals surface area contributed by atoms with Gasteiger partial charge < -0.3 is 14.4 Å². The van der Waals surface area contributed by atoms with E-state index in [0.717, 1.165) is 0 Å². The third kappa shape index (κ3) is 2.94. The molecule has 5 nitrogen and oxygen atoms in total. The van der Waals surface area contributed by atoms with Crippen LogP contribution in [-0.2, 0) is 6.61 Å². The fraction of sp³-hybridized carbons (Fsp3) is 0.0909. The van der Waals surface area contributed by atoms with Gasteiger partial charge in [-0.25, -0.2) is 4.79 Å². The Hall–Kier alpha value is -1.72. The summed E-state index contributed by atoms with van der Waals surface area (Å²) >= 11 is 11.7. The van der Waals surface area contributed by atoms with Gasteiger partial charge in [0, 0.05) is 17.2 Å². The van der Waals surface area contributed by atoms with Crippen LogP contribution in [0.25, 0.3) is 0 Å². The summed E-state index contributed by atoms with van der Waals surface area (Å²) in [4.78, 5) is 10.6. The second-order valence-corrected chi connectivity index (χ2v) is 4.19. The van der Waals surface area contributed by atoms with E-state index in [-0.39, 0.29) is 18.1 Å². The Balaban J connectivity index is 2.06. The molecule has 0 unspecified atom stereocenters. The molecule has 7 heteroatoms. The number of carbonyl (C=O) groups is 1. The van der Waals surface area contributed by atoms with Crippen molar-refractivity contribution < 1.29 is 19.2 Å². The van der Waals surface area contributed by atoms with Crippen molar-refractivity contribution in [1.82, 2.24) is 5.16 Å². The summed E-state index contributed by atoms with van der Waals surface area (Å²) in [6, 6.07) is 6.06. The fourth-order valence-electron chi connectivity index (χ4n) is 1.22. The number of aromatic carboxylic acids is 1. The van der Waals surface area contributed by atoms with Crippen LogP contribution in [-0.4, -0.2) is 16.2 Å². The number of halogens is 2. The molecule has 18 heavy (non-hydrogen) atoms. The first kappa shape index (κ1) is 12.7. The molecule has 0 saturated heterocycles. The third-order valence-electron chi connectivity index (χ3n) is 2.04. The Morgan fingerprint density at radius 1 is 1.39 bits per heavy atom. The molecule has 0 amide bonds. The lowest BCUT2D eigenvalue weighted by molar-refractivity contribution is 0.0685. The second-order valence-electron chi connectivity index (χ2n) is 3.35. The number of carboxylic acids is 1. The van der Waals surface area contributed by atoms with Crippen LogP contribution in [0.2, 0.25) is 10.0 Å². The molecule has 1 aromatic carbocycles. The summed E-state index contributed by atoms with van der Waals surface area (Å²) in [6.45, 7) is 0.0142. The van der Waals surface area contributed by atoms with Crippen molar-refractivity contribution in [2.24, 2.45) is 0 Å². The smallest absolute Gasteiger partial charge is 0.358 e. The number of ether oxygens (including phenoxy) is 1. The largest absolute Gasteiger partial charge is 0.484 e. The van der Waals surface area contributed by atoms with Gasteiger partial charge in [-0.05, 0) is 12.1 Å². The lowest BCUT2D eigenvalue weighted by Crippen LogP contribution is -1.96. The van der Waals surface area contributed by atoms with Crippen molar-refractivity contribution in [3.8, 4) is 5.75 Å². The number of hydrogen-bond donors (Lipinski definition) is 1. The molecule has 2 rings (SSSR count). The van der Waals surface area contributed by atoms with Crippen LogP contribution in [0.15, 0.2) is 28.8 Å². The predicted octanol–water partition coefficient (Wildman–Crippen LogP) is 3.26. The van der Waals surface area contributed by atoms with Crippen molar-refractivity contribution in [2.45, 2.75) is 6.61 Å². The lowest BCUT2D eigenvalue weighted by Gasteiger charge is -2.05. The summed E-state index contributed by atoms with van der Waals surface area (Å²) < 4.78 is 10.1. The second kappa shape index (κ2) is 5.29. The topological polar surface area (TPSA) is 72.6 Å². The molecule has 0 aliphatic heterocycles. The van der Waals surface area contributed by atoms with E-state index >= 15 is 0 Å². The van der Waals surface area contributed by atoms with Gasteiger partial charge in [-0.2, -0.15) is 0 Å². The van der Waals surface area contributed by atoms with Gasteiger partial charge in [0.05, 0.1) is 5.02 Å². The number of aromatic nitrogens is 1. The standard InChI is InChI=1S/C11H7Cl2NO4/c12-6-1-2-8(13)10(3-6)17-5-7-4-9(11(15)16)14-18-7/h1-4H,5H2,(H,15,16). The minimum Gasteiger partial charge on any atom is -0.484 e. The van der Waals surface area contributed by atoms with Crippen LogP contribution in [0.1, 0.15) is 16.2 Å². The normalized spacial score (nSPS) is 10.3. The highest BCUT2D eigenvalue weighted by molar-refractivity contribution is 6.34. The maximum Gasteiger partial charge on any atom is 0.358 e. The van der Waals surface area contributed by atoms with E-state index in [2.05, 4.69) is 5.16 Å². The highest BCUT2D eigenvalue weighted by Gasteiger charge is 2.11. The molecule has 0 aliphatic carbocycles. The third-order valence-corrected chi connectivity index (χ3v) is 2.59. The summed E-state index contributed by atoms with van der Waals surface area (Å²) in [7, 11) is 0. The molecular weight excluding hydrogens is 281 g/mol. The van der Waals surface area contributed by atoms with E-state index in [4.69, 9.17) is 37.6 Å². The summed E-state index contributed by atoms with van der Waals surface area (Å²) in [5.41, 5.74) is -0.175. The highest BCUT2D eigenvalue weighted by Crippen LogP contribution is 2.28. The monoisotopic (exact) mass is 287 g/mol. The molecule has 2 aromatic rings. The molecule has 1 N–H and O–H groups in total. The van der Waals surface area contributed by atoms with Crippen molar-refractivity contribution in [2.75, 3.05) is 0 Å². The SMILES string of the molecule is O=C(O)c1cc(COc2cc(Cl)ccc2Cl)on1. The molecule has 94 valence electrons. The van der Waals surface area contributed by atoms with E-state index in [1.807, 2.05) is 0 Å². The van der Waals surface area contributed by atoms with Crippen LogP contribution in [0.3, 0.4) is 0 Å². The first-order chi connectivity index (χ1) is 8.56. The van der Waals surface area contributed by atoms with Crippen LogP contribution < -0.4 is 4.74 Å². The quantitative estimate of drug-likeness (QED) is 0.934. The molecule has 0 radical (unpaired) electrons. The van der Waals surface area contributed by atoms with Gasteiger partial charge in [-0.3, -0.25) is 0 Å². The van der Waals surface area contributed by atoms with Crippen molar-refractivity contribution in [3.05, 3.63) is 45.8 Å². The number of carboxylic acid groups (broad SMARTS) is 1. The Morgan fingerprint density at radius 2 is 2.17 bits per heavy atom. The molecule has 0 aliphatic rings. The van der Waals surface area contributed by atoms with Gasteiger partial charge in [0.15, 0.2) is 11.5 Å². The summed E-state index contributed by atoms with van der Waals surface area (Å²) in [5, 5.41) is 12.9. The molecule has 0 bridgehead atoms. The van der Waals surface area contributed by atoms with Crippen molar-refractivity contribution >= 4 is 29.2 Å². The van der Waals surface area contributed by atoms with E-state index in [0.29, 0.717) is 15.8 Å². The number of hydrogen-bond acceptors (Lipinski definition) is 4. The van der Waals surface area contributed by atoms with Crippen LogP contribution in [0.5, 0.6) is 5.75 Å². The Morgan fingerprint density at radius 3 is 2.83 bits per heavy atom. The Bertz CT molecular complexity index is 582. The zero-order valence-corrected chi connectivity index (χ0v) is 10.4. The molecule has 0 atom stereocenters. The van der Waals surface area contributed by atoms with Gasteiger partial charge in [0.25, 0.3) is 0 Å². The zero-order chi connectivity index (χ0) is 13.1. The molecule has 1 aromatic heterocycles. The first-order valence-corrected chi connectivity index (χ1v) is 5.58. The first-order valence-electron chi connectivity index (χ1n) is 4.83.